The lowest BCUT2D eigenvalue weighted by atomic mass is 10.2. The summed E-state index contributed by atoms with van der Waals surface area (Å²) in [6, 6.07) is 13.7. The lowest BCUT2D eigenvalue weighted by Gasteiger charge is -2.10. The molecule has 3 aromatic heterocycles. The number of H-pyrrole nitrogens is 1. The van der Waals surface area contributed by atoms with Crippen LogP contribution in [0.4, 0.5) is 0 Å². The van der Waals surface area contributed by atoms with Crippen LogP contribution >= 0.6 is 11.3 Å². The maximum absolute atomic E-state index is 12.4. The molecule has 0 saturated heterocycles. The summed E-state index contributed by atoms with van der Waals surface area (Å²) in [5, 5.41) is 12.1. The molecule has 7 heteroatoms. The van der Waals surface area contributed by atoms with Gasteiger partial charge in [0.25, 0.3) is 5.91 Å². The standard InChI is InChI=1S/C18H17N5OS/c1-12(17-7-4-8-25-17)20-18(24)15-9-13(21-22-15)10-23-11-19-14-5-2-3-6-16(14)23/h2-9,11-12H,10H2,1H3,(H,20,24)(H,21,22)/t12-/m0/s1. The summed E-state index contributed by atoms with van der Waals surface area (Å²) in [5.74, 6) is -0.182. The molecular formula is C18H17N5OS. The zero-order valence-electron chi connectivity index (χ0n) is 13.6. The van der Waals surface area contributed by atoms with Gasteiger partial charge in [-0.1, -0.05) is 18.2 Å². The molecule has 1 aromatic carbocycles. The summed E-state index contributed by atoms with van der Waals surface area (Å²) in [5.41, 5.74) is 3.25. The topological polar surface area (TPSA) is 75.6 Å². The van der Waals surface area contributed by atoms with Crippen LogP contribution in [-0.4, -0.2) is 25.7 Å². The Kier molecular flexibility index (Phi) is 4.07. The van der Waals surface area contributed by atoms with Crippen LogP contribution in [0.3, 0.4) is 0 Å². The predicted molar refractivity (Wildman–Crippen MR) is 97.6 cm³/mol. The molecule has 126 valence electrons. The highest BCUT2D eigenvalue weighted by atomic mass is 32.1. The third-order valence-corrected chi connectivity index (χ3v) is 5.10. The first-order valence-electron chi connectivity index (χ1n) is 7.99. The third kappa shape index (κ3) is 3.18. The van der Waals surface area contributed by atoms with Gasteiger partial charge in [0.15, 0.2) is 0 Å². The number of nitrogens with zero attached hydrogens (tertiary/aromatic N) is 3. The largest absolute Gasteiger partial charge is 0.343 e. The maximum Gasteiger partial charge on any atom is 0.272 e. The number of hydrogen-bond acceptors (Lipinski definition) is 4. The van der Waals surface area contributed by atoms with Gasteiger partial charge in [-0.05, 0) is 36.6 Å². The minimum Gasteiger partial charge on any atom is -0.343 e. The number of hydrogen-bond donors (Lipinski definition) is 2. The predicted octanol–water partition coefficient (Wildman–Crippen LogP) is 3.36. The first-order chi connectivity index (χ1) is 12.2. The number of amides is 1. The zero-order valence-corrected chi connectivity index (χ0v) is 14.5. The van der Waals surface area contributed by atoms with Gasteiger partial charge in [0.2, 0.25) is 0 Å². The van der Waals surface area contributed by atoms with Crippen molar-refractivity contribution in [1.29, 1.82) is 0 Å². The van der Waals surface area contributed by atoms with Gasteiger partial charge in [-0.25, -0.2) is 4.98 Å². The van der Waals surface area contributed by atoms with Crippen LogP contribution in [0.25, 0.3) is 11.0 Å². The number of rotatable bonds is 5. The lowest BCUT2D eigenvalue weighted by molar-refractivity contribution is 0.0935. The van der Waals surface area contributed by atoms with Crippen LogP contribution in [0.2, 0.25) is 0 Å². The highest BCUT2D eigenvalue weighted by Crippen LogP contribution is 2.19. The Morgan fingerprint density at radius 2 is 2.20 bits per heavy atom. The highest BCUT2D eigenvalue weighted by molar-refractivity contribution is 7.10. The fraction of sp³-hybridized carbons (Fsp3) is 0.167. The number of carbonyl (C=O) groups is 1. The van der Waals surface area contributed by atoms with Gasteiger partial charge in [-0.2, -0.15) is 5.10 Å². The molecule has 3 heterocycles. The lowest BCUT2D eigenvalue weighted by Crippen LogP contribution is -2.26. The van der Waals surface area contributed by atoms with E-state index in [2.05, 4.69) is 20.5 Å². The van der Waals surface area contributed by atoms with Crippen LogP contribution in [0, 0.1) is 0 Å². The van der Waals surface area contributed by atoms with Crippen molar-refractivity contribution in [3.8, 4) is 0 Å². The van der Waals surface area contributed by atoms with E-state index >= 15 is 0 Å². The molecule has 0 bridgehead atoms. The Morgan fingerprint density at radius 1 is 1.32 bits per heavy atom. The first-order valence-corrected chi connectivity index (χ1v) is 8.87. The Labute approximate surface area is 148 Å². The molecule has 0 radical (unpaired) electrons. The van der Waals surface area contributed by atoms with Crippen molar-refractivity contribution < 1.29 is 4.79 Å². The van der Waals surface area contributed by atoms with Crippen molar-refractivity contribution in [2.45, 2.75) is 19.5 Å². The third-order valence-electron chi connectivity index (χ3n) is 4.05. The number of aromatic nitrogens is 4. The molecule has 25 heavy (non-hydrogen) atoms. The number of imidazole rings is 1. The van der Waals surface area contributed by atoms with E-state index in [1.165, 1.54) is 0 Å². The molecule has 2 N–H and O–H groups in total. The van der Waals surface area contributed by atoms with Gasteiger partial charge in [0.05, 0.1) is 35.6 Å². The second-order valence-electron chi connectivity index (χ2n) is 5.85. The maximum atomic E-state index is 12.4. The number of para-hydroxylation sites is 2. The summed E-state index contributed by atoms with van der Waals surface area (Å²) < 4.78 is 2.03. The smallest absolute Gasteiger partial charge is 0.272 e. The number of nitrogens with one attached hydrogen (secondary N) is 2. The van der Waals surface area contributed by atoms with E-state index in [4.69, 9.17) is 0 Å². The van der Waals surface area contributed by atoms with Crippen molar-refractivity contribution in [2.75, 3.05) is 0 Å². The summed E-state index contributed by atoms with van der Waals surface area (Å²) in [7, 11) is 0. The number of benzene rings is 1. The summed E-state index contributed by atoms with van der Waals surface area (Å²) in [6.45, 7) is 2.55. The second kappa shape index (κ2) is 6.52. The molecule has 0 aliphatic rings. The van der Waals surface area contributed by atoms with Crippen LogP contribution < -0.4 is 5.32 Å². The minimum atomic E-state index is -0.182. The Balaban J connectivity index is 1.47. The van der Waals surface area contributed by atoms with Crippen molar-refractivity contribution >= 4 is 28.3 Å². The molecule has 4 rings (SSSR count). The molecule has 4 aromatic rings. The minimum absolute atomic E-state index is 0.0368. The van der Waals surface area contributed by atoms with Crippen LogP contribution in [0.15, 0.2) is 54.2 Å². The molecule has 0 spiro atoms. The summed E-state index contributed by atoms with van der Waals surface area (Å²) >= 11 is 1.62. The van der Waals surface area contributed by atoms with Crippen molar-refractivity contribution in [1.82, 2.24) is 25.1 Å². The SMILES string of the molecule is C[C@H](NC(=O)c1cc(Cn2cnc3ccccc32)[nH]n1)c1cccs1. The molecule has 6 nitrogen and oxygen atoms in total. The molecule has 0 aliphatic heterocycles. The molecule has 0 fully saturated rings. The number of thiophene rings is 1. The van der Waals surface area contributed by atoms with Crippen molar-refractivity contribution in [2.24, 2.45) is 0 Å². The van der Waals surface area contributed by atoms with Crippen LogP contribution in [0.5, 0.6) is 0 Å². The van der Waals surface area contributed by atoms with Gasteiger partial charge < -0.3 is 9.88 Å². The summed E-state index contributed by atoms with van der Waals surface area (Å²) in [4.78, 5) is 17.9. The Hall–Kier alpha value is -2.93. The van der Waals surface area contributed by atoms with Gasteiger partial charge in [0, 0.05) is 4.88 Å². The van der Waals surface area contributed by atoms with Gasteiger partial charge >= 0.3 is 0 Å². The number of fused-ring (bicyclic) bond motifs is 1. The van der Waals surface area contributed by atoms with Crippen molar-refractivity contribution in [3.63, 3.8) is 0 Å². The van der Waals surface area contributed by atoms with Crippen molar-refractivity contribution in [3.05, 3.63) is 70.4 Å². The van der Waals surface area contributed by atoms with Crippen LogP contribution in [-0.2, 0) is 6.54 Å². The van der Waals surface area contributed by atoms with E-state index < -0.39 is 0 Å². The van der Waals surface area contributed by atoms with E-state index in [0.29, 0.717) is 12.2 Å². The van der Waals surface area contributed by atoms with Crippen LogP contribution in [0.1, 0.15) is 34.0 Å². The Bertz CT molecular complexity index is 1000. The number of aromatic amines is 1. The molecule has 0 saturated carbocycles. The molecular weight excluding hydrogens is 334 g/mol. The average Bonchev–Trinajstić information content (AvgIpc) is 3.36. The summed E-state index contributed by atoms with van der Waals surface area (Å²) in [6.07, 6.45) is 1.80. The van der Waals surface area contributed by atoms with Gasteiger partial charge in [0.1, 0.15) is 5.69 Å². The van der Waals surface area contributed by atoms with Gasteiger partial charge in [-0.3, -0.25) is 9.89 Å². The first kappa shape index (κ1) is 15.6. The Morgan fingerprint density at radius 3 is 3.04 bits per heavy atom. The van der Waals surface area contributed by atoms with E-state index in [1.807, 2.05) is 53.3 Å². The monoisotopic (exact) mass is 351 g/mol. The van der Waals surface area contributed by atoms with E-state index in [9.17, 15) is 4.79 Å². The quantitative estimate of drug-likeness (QED) is 0.579. The second-order valence-corrected chi connectivity index (χ2v) is 6.83. The van der Waals surface area contributed by atoms with E-state index in [-0.39, 0.29) is 11.9 Å². The van der Waals surface area contributed by atoms with E-state index in [1.54, 1.807) is 23.7 Å². The number of carbonyl (C=O) groups excluding carboxylic acids is 1. The van der Waals surface area contributed by atoms with E-state index in [0.717, 1.165) is 21.6 Å². The normalized spacial score (nSPS) is 12.4. The fourth-order valence-corrected chi connectivity index (χ4v) is 3.49. The van der Waals surface area contributed by atoms with Gasteiger partial charge in [-0.15, -0.1) is 11.3 Å². The average molecular weight is 351 g/mol. The molecule has 1 atom stereocenters. The fourth-order valence-electron chi connectivity index (χ4n) is 2.76. The molecule has 0 unspecified atom stereocenters. The molecule has 1 amide bonds. The zero-order chi connectivity index (χ0) is 17.2. The highest BCUT2D eigenvalue weighted by Gasteiger charge is 2.15. The molecule has 0 aliphatic carbocycles.